The second-order valence-corrected chi connectivity index (χ2v) is 7.31. The SMILES string of the molecule is CS(=O)Cc1cccc(C(=O)Nc2ccc(N3CCOCC3)cn2)c1. The van der Waals surface area contributed by atoms with E-state index in [-0.39, 0.29) is 5.91 Å². The molecule has 1 aliphatic heterocycles. The summed E-state index contributed by atoms with van der Waals surface area (Å²) in [5.74, 6) is 0.718. The first-order valence-electron chi connectivity index (χ1n) is 8.11. The van der Waals surface area contributed by atoms with Crippen molar-refractivity contribution in [1.29, 1.82) is 0 Å². The average molecular weight is 359 g/mol. The Hall–Kier alpha value is -2.25. The molecule has 25 heavy (non-hydrogen) atoms. The van der Waals surface area contributed by atoms with E-state index in [1.807, 2.05) is 12.1 Å². The van der Waals surface area contributed by atoms with Crippen LogP contribution in [0.2, 0.25) is 0 Å². The van der Waals surface area contributed by atoms with Crippen molar-refractivity contribution in [2.75, 3.05) is 42.8 Å². The lowest BCUT2D eigenvalue weighted by Gasteiger charge is -2.28. The summed E-state index contributed by atoms with van der Waals surface area (Å²) >= 11 is 0. The number of nitrogens with one attached hydrogen (secondary N) is 1. The van der Waals surface area contributed by atoms with Crippen molar-refractivity contribution in [3.8, 4) is 0 Å². The third-order valence-electron chi connectivity index (χ3n) is 3.92. The zero-order chi connectivity index (χ0) is 17.6. The van der Waals surface area contributed by atoms with Crippen LogP contribution in [0, 0.1) is 0 Å². The van der Waals surface area contributed by atoms with Gasteiger partial charge < -0.3 is 15.0 Å². The third kappa shape index (κ3) is 4.87. The molecule has 1 unspecified atom stereocenters. The normalized spacial score (nSPS) is 15.6. The van der Waals surface area contributed by atoms with Crippen LogP contribution in [-0.4, -0.2) is 47.7 Å². The molecule has 0 saturated carbocycles. The fraction of sp³-hybridized carbons (Fsp3) is 0.333. The maximum absolute atomic E-state index is 12.4. The molecule has 0 spiro atoms. The number of benzene rings is 1. The van der Waals surface area contributed by atoms with E-state index in [1.165, 1.54) is 0 Å². The van der Waals surface area contributed by atoms with Gasteiger partial charge in [-0.2, -0.15) is 0 Å². The predicted molar refractivity (Wildman–Crippen MR) is 99.4 cm³/mol. The van der Waals surface area contributed by atoms with Gasteiger partial charge in [0.15, 0.2) is 0 Å². The Balaban J connectivity index is 1.65. The van der Waals surface area contributed by atoms with E-state index in [0.29, 0.717) is 17.1 Å². The number of carbonyl (C=O) groups is 1. The van der Waals surface area contributed by atoms with Gasteiger partial charge >= 0.3 is 0 Å². The molecule has 1 aromatic heterocycles. The van der Waals surface area contributed by atoms with Gasteiger partial charge in [0, 0.05) is 41.5 Å². The topological polar surface area (TPSA) is 71.5 Å². The van der Waals surface area contributed by atoms with Crippen molar-refractivity contribution >= 4 is 28.2 Å². The van der Waals surface area contributed by atoms with E-state index in [2.05, 4.69) is 15.2 Å². The summed E-state index contributed by atoms with van der Waals surface area (Å²) in [5, 5.41) is 2.80. The lowest BCUT2D eigenvalue weighted by atomic mass is 10.1. The van der Waals surface area contributed by atoms with Crippen molar-refractivity contribution in [3.63, 3.8) is 0 Å². The highest BCUT2D eigenvalue weighted by atomic mass is 32.2. The minimum atomic E-state index is -0.939. The van der Waals surface area contributed by atoms with Gasteiger partial charge in [-0.1, -0.05) is 12.1 Å². The Labute approximate surface area is 149 Å². The third-order valence-corrected chi connectivity index (χ3v) is 4.66. The number of aromatic nitrogens is 1. The maximum Gasteiger partial charge on any atom is 0.256 e. The summed E-state index contributed by atoms with van der Waals surface area (Å²) in [6.07, 6.45) is 3.41. The molecule has 0 radical (unpaired) electrons. The molecule has 0 aliphatic carbocycles. The number of pyridine rings is 1. The second kappa shape index (κ2) is 8.22. The molecular formula is C18H21N3O3S. The molecule has 132 valence electrons. The molecule has 1 atom stereocenters. The number of nitrogens with zero attached hydrogens (tertiary/aromatic N) is 2. The van der Waals surface area contributed by atoms with Crippen LogP contribution in [0.25, 0.3) is 0 Å². The largest absolute Gasteiger partial charge is 0.378 e. The highest BCUT2D eigenvalue weighted by Crippen LogP contribution is 2.17. The first-order chi connectivity index (χ1) is 12.1. The summed E-state index contributed by atoms with van der Waals surface area (Å²) in [4.78, 5) is 18.9. The summed E-state index contributed by atoms with van der Waals surface area (Å²) in [6.45, 7) is 3.13. The van der Waals surface area contributed by atoms with Gasteiger partial charge in [0.05, 0.1) is 25.1 Å². The number of hydrogen-bond acceptors (Lipinski definition) is 5. The quantitative estimate of drug-likeness (QED) is 0.885. The first-order valence-corrected chi connectivity index (χ1v) is 9.83. The second-order valence-electron chi connectivity index (χ2n) is 5.87. The molecule has 1 aromatic carbocycles. The van der Waals surface area contributed by atoms with Gasteiger partial charge in [-0.05, 0) is 29.8 Å². The molecule has 1 aliphatic rings. The van der Waals surface area contributed by atoms with Gasteiger partial charge in [-0.15, -0.1) is 0 Å². The molecule has 2 aromatic rings. The van der Waals surface area contributed by atoms with E-state index in [0.717, 1.165) is 37.6 Å². The van der Waals surface area contributed by atoms with Crippen LogP contribution in [0.3, 0.4) is 0 Å². The summed E-state index contributed by atoms with van der Waals surface area (Å²) in [7, 11) is -0.939. The molecule has 2 heterocycles. The van der Waals surface area contributed by atoms with Crippen molar-refractivity contribution in [2.45, 2.75) is 5.75 Å². The van der Waals surface area contributed by atoms with Gasteiger partial charge in [-0.3, -0.25) is 9.00 Å². The van der Waals surface area contributed by atoms with Crippen LogP contribution in [0.5, 0.6) is 0 Å². The number of anilines is 2. The Morgan fingerprint density at radius 3 is 2.76 bits per heavy atom. The van der Waals surface area contributed by atoms with E-state index >= 15 is 0 Å². The zero-order valence-corrected chi connectivity index (χ0v) is 14.9. The van der Waals surface area contributed by atoms with Crippen LogP contribution in [0.1, 0.15) is 15.9 Å². The fourth-order valence-electron chi connectivity index (χ4n) is 2.69. The van der Waals surface area contributed by atoms with Crippen molar-refractivity contribution in [3.05, 3.63) is 53.7 Å². The Morgan fingerprint density at radius 1 is 1.28 bits per heavy atom. The van der Waals surface area contributed by atoms with Crippen LogP contribution in [-0.2, 0) is 21.3 Å². The molecule has 7 heteroatoms. The standard InChI is InChI=1S/C18H21N3O3S/c1-25(23)13-14-3-2-4-15(11-14)18(22)20-17-6-5-16(12-19-17)21-7-9-24-10-8-21/h2-6,11-12H,7-10,13H2,1H3,(H,19,20,22). The molecule has 1 N–H and O–H groups in total. The number of hydrogen-bond donors (Lipinski definition) is 1. The summed E-state index contributed by atoms with van der Waals surface area (Å²) < 4.78 is 16.7. The lowest BCUT2D eigenvalue weighted by Crippen LogP contribution is -2.36. The van der Waals surface area contributed by atoms with Crippen molar-refractivity contribution in [2.24, 2.45) is 0 Å². The van der Waals surface area contributed by atoms with Crippen LogP contribution >= 0.6 is 0 Å². The predicted octanol–water partition coefficient (Wildman–Crippen LogP) is 2.05. The number of amides is 1. The number of carbonyl (C=O) groups excluding carboxylic acids is 1. The first kappa shape index (κ1) is 17.6. The van der Waals surface area contributed by atoms with Gasteiger partial charge in [0.2, 0.25) is 0 Å². The Morgan fingerprint density at radius 2 is 2.08 bits per heavy atom. The number of rotatable bonds is 5. The Kier molecular flexibility index (Phi) is 5.78. The van der Waals surface area contributed by atoms with E-state index in [4.69, 9.17) is 4.74 Å². The van der Waals surface area contributed by atoms with Gasteiger partial charge in [-0.25, -0.2) is 4.98 Å². The van der Waals surface area contributed by atoms with E-state index in [9.17, 15) is 9.00 Å². The lowest BCUT2D eigenvalue weighted by molar-refractivity contribution is 0.102. The van der Waals surface area contributed by atoms with Crippen molar-refractivity contribution < 1.29 is 13.7 Å². The maximum atomic E-state index is 12.4. The molecule has 1 saturated heterocycles. The molecular weight excluding hydrogens is 338 g/mol. The monoisotopic (exact) mass is 359 g/mol. The van der Waals surface area contributed by atoms with E-state index in [1.54, 1.807) is 36.7 Å². The van der Waals surface area contributed by atoms with Gasteiger partial charge in [0.1, 0.15) is 5.82 Å². The highest BCUT2D eigenvalue weighted by Gasteiger charge is 2.12. The van der Waals surface area contributed by atoms with Crippen LogP contribution < -0.4 is 10.2 Å². The smallest absolute Gasteiger partial charge is 0.256 e. The molecule has 1 amide bonds. The van der Waals surface area contributed by atoms with Crippen LogP contribution in [0.4, 0.5) is 11.5 Å². The highest BCUT2D eigenvalue weighted by molar-refractivity contribution is 7.83. The molecule has 6 nitrogen and oxygen atoms in total. The van der Waals surface area contributed by atoms with E-state index < -0.39 is 10.8 Å². The Bertz CT molecular complexity index is 758. The number of ether oxygens (including phenoxy) is 1. The summed E-state index contributed by atoms with van der Waals surface area (Å²) in [5.41, 5.74) is 2.43. The van der Waals surface area contributed by atoms with Crippen molar-refractivity contribution in [1.82, 2.24) is 4.98 Å². The average Bonchev–Trinajstić information content (AvgIpc) is 2.63. The molecule has 0 bridgehead atoms. The van der Waals surface area contributed by atoms with Gasteiger partial charge in [0.25, 0.3) is 5.91 Å². The summed E-state index contributed by atoms with van der Waals surface area (Å²) in [6, 6.07) is 10.9. The minimum Gasteiger partial charge on any atom is -0.378 e. The molecule has 3 rings (SSSR count). The van der Waals surface area contributed by atoms with Crippen LogP contribution in [0.15, 0.2) is 42.6 Å². The molecule has 1 fully saturated rings. The zero-order valence-electron chi connectivity index (χ0n) is 14.1. The minimum absolute atomic E-state index is 0.227. The fourth-order valence-corrected chi connectivity index (χ4v) is 3.34. The number of morpholine rings is 1.